The zero-order valence-electron chi connectivity index (χ0n) is 9.00. The molecule has 0 amide bonds. The minimum Gasteiger partial charge on any atom is -0.325 e. The van der Waals surface area contributed by atoms with E-state index in [1.165, 1.54) is 0 Å². The van der Waals surface area contributed by atoms with Gasteiger partial charge in [0.25, 0.3) is 0 Å². The largest absolute Gasteiger partial charge is 0.325 e. The van der Waals surface area contributed by atoms with Crippen molar-refractivity contribution in [3.63, 3.8) is 0 Å². The number of fused-ring (bicyclic) bond motifs is 1. The van der Waals surface area contributed by atoms with E-state index in [0.717, 1.165) is 27.6 Å². The molecule has 0 bridgehead atoms. The third-order valence-electron chi connectivity index (χ3n) is 2.53. The highest BCUT2D eigenvalue weighted by Gasteiger charge is 2.05. The average molecular weight is 245 g/mol. The zero-order chi connectivity index (χ0) is 11.7. The van der Waals surface area contributed by atoms with Crippen LogP contribution in [0.3, 0.4) is 0 Å². The van der Waals surface area contributed by atoms with Crippen LogP contribution in [0.4, 0.5) is 5.13 Å². The summed E-state index contributed by atoms with van der Waals surface area (Å²) in [5, 5.41) is 0.726. The quantitative estimate of drug-likeness (QED) is 0.545. The topological polar surface area (TPSA) is 68.8 Å². The van der Waals surface area contributed by atoms with Crippen molar-refractivity contribution in [2.45, 2.75) is 6.54 Å². The molecule has 0 aliphatic rings. The number of imidazole rings is 1. The Kier molecular flexibility index (Phi) is 2.50. The van der Waals surface area contributed by atoms with Gasteiger partial charge in [-0.25, -0.2) is 15.8 Å². The molecule has 0 unspecified atom stereocenters. The van der Waals surface area contributed by atoms with Gasteiger partial charge in [-0.3, -0.25) is 5.43 Å². The Hall–Kier alpha value is -1.92. The molecule has 2 heterocycles. The smallest absolute Gasteiger partial charge is 0.197 e. The van der Waals surface area contributed by atoms with Gasteiger partial charge in [-0.2, -0.15) is 0 Å². The molecule has 3 N–H and O–H groups in total. The van der Waals surface area contributed by atoms with Crippen LogP contribution in [-0.4, -0.2) is 14.5 Å². The Bertz CT molecular complexity index is 642. The second kappa shape index (κ2) is 4.15. The number of hydrogen-bond acceptors (Lipinski definition) is 5. The van der Waals surface area contributed by atoms with Crippen molar-refractivity contribution in [1.82, 2.24) is 14.5 Å². The molecule has 0 aliphatic heterocycles. The molecule has 5 nitrogen and oxygen atoms in total. The molecule has 2 aromatic heterocycles. The van der Waals surface area contributed by atoms with Crippen molar-refractivity contribution >= 4 is 27.5 Å². The van der Waals surface area contributed by atoms with Crippen LogP contribution in [0.15, 0.2) is 36.8 Å². The monoisotopic (exact) mass is 245 g/mol. The first-order valence-electron chi connectivity index (χ1n) is 5.18. The van der Waals surface area contributed by atoms with E-state index in [-0.39, 0.29) is 0 Å². The fourth-order valence-electron chi connectivity index (χ4n) is 1.75. The predicted octanol–water partition coefficient (Wildman–Crippen LogP) is 1.83. The van der Waals surface area contributed by atoms with Gasteiger partial charge in [0.1, 0.15) is 0 Å². The first-order valence-corrected chi connectivity index (χ1v) is 5.99. The maximum Gasteiger partial charge on any atom is 0.197 e. The van der Waals surface area contributed by atoms with Gasteiger partial charge in [0.2, 0.25) is 0 Å². The van der Waals surface area contributed by atoms with Gasteiger partial charge in [-0.1, -0.05) is 23.5 Å². The fourth-order valence-corrected chi connectivity index (χ4v) is 2.47. The number of nitrogens with one attached hydrogen (secondary N) is 1. The lowest BCUT2D eigenvalue weighted by molar-refractivity contribution is 0.836. The van der Waals surface area contributed by atoms with Gasteiger partial charge in [0, 0.05) is 11.1 Å². The van der Waals surface area contributed by atoms with Gasteiger partial charge in [0.15, 0.2) is 5.13 Å². The molecule has 0 saturated heterocycles. The van der Waals surface area contributed by atoms with E-state index >= 15 is 0 Å². The Morgan fingerprint density at radius 2 is 2.18 bits per heavy atom. The maximum absolute atomic E-state index is 5.31. The molecule has 1 aromatic carbocycles. The predicted molar refractivity (Wildman–Crippen MR) is 68.8 cm³/mol. The van der Waals surface area contributed by atoms with E-state index in [1.54, 1.807) is 11.3 Å². The Labute approximate surface area is 102 Å². The summed E-state index contributed by atoms with van der Waals surface area (Å²) >= 11 is 1.54. The lowest BCUT2D eigenvalue weighted by Crippen LogP contribution is -2.05. The number of hydrazine groups is 1. The van der Waals surface area contributed by atoms with Gasteiger partial charge < -0.3 is 4.57 Å². The van der Waals surface area contributed by atoms with Crippen molar-refractivity contribution in [3.05, 3.63) is 41.7 Å². The molecular formula is C11H11N5S. The molecule has 3 rings (SSSR count). The molecule has 0 saturated carbocycles. The SMILES string of the molecule is NNc1ncc(Cn2cnc3ccccc32)s1. The van der Waals surface area contributed by atoms with E-state index in [4.69, 9.17) is 5.84 Å². The first-order chi connectivity index (χ1) is 8.36. The summed E-state index contributed by atoms with van der Waals surface area (Å²) in [5.74, 6) is 5.31. The lowest BCUT2D eigenvalue weighted by Gasteiger charge is -2.00. The normalized spacial score (nSPS) is 10.9. The summed E-state index contributed by atoms with van der Waals surface area (Å²) in [7, 11) is 0. The number of rotatable bonds is 3. The van der Waals surface area contributed by atoms with Gasteiger partial charge >= 0.3 is 0 Å². The molecule has 6 heteroatoms. The molecule has 0 spiro atoms. The van der Waals surface area contributed by atoms with Crippen molar-refractivity contribution in [3.8, 4) is 0 Å². The molecule has 0 radical (unpaired) electrons. The average Bonchev–Trinajstić information content (AvgIpc) is 2.97. The molecule has 17 heavy (non-hydrogen) atoms. The molecule has 3 aromatic rings. The standard InChI is InChI=1S/C11H11N5S/c12-15-11-13-5-8(17-11)6-16-7-14-9-3-1-2-4-10(9)16/h1-5,7H,6,12H2,(H,13,15). The Morgan fingerprint density at radius 3 is 3.00 bits per heavy atom. The highest BCUT2D eigenvalue weighted by Crippen LogP contribution is 2.20. The van der Waals surface area contributed by atoms with Gasteiger partial charge in [0.05, 0.1) is 23.9 Å². The van der Waals surface area contributed by atoms with Crippen LogP contribution in [0, 0.1) is 0 Å². The minimum absolute atomic E-state index is 0.726. The first kappa shape index (κ1) is 10.2. The molecule has 0 aliphatic carbocycles. The third kappa shape index (κ3) is 1.88. The number of nitrogen functional groups attached to an aromatic ring is 1. The van der Waals surface area contributed by atoms with Crippen LogP contribution in [0.25, 0.3) is 11.0 Å². The summed E-state index contributed by atoms with van der Waals surface area (Å²) in [5.41, 5.74) is 4.68. The van der Waals surface area contributed by atoms with E-state index in [9.17, 15) is 0 Å². The minimum atomic E-state index is 0.726. The number of nitrogens with two attached hydrogens (primary N) is 1. The summed E-state index contributed by atoms with van der Waals surface area (Å²) in [6.45, 7) is 0.764. The number of benzene rings is 1. The molecule has 0 fully saturated rings. The van der Waals surface area contributed by atoms with Crippen LogP contribution in [0.5, 0.6) is 0 Å². The third-order valence-corrected chi connectivity index (χ3v) is 3.44. The summed E-state index contributed by atoms with van der Waals surface area (Å²) in [6, 6.07) is 8.07. The number of hydrogen-bond donors (Lipinski definition) is 2. The van der Waals surface area contributed by atoms with Crippen LogP contribution in [0.1, 0.15) is 4.88 Å². The second-order valence-corrected chi connectivity index (χ2v) is 4.75. The molecule has 86 valence electrons. The van der Waals surface area contributed by atoms with Crippen LogP contribution >= 0.6 is 11.3 Å². The van der Waals surface area contributed by atoms with Crippen molar-refractivity contribution in [2.75, 3.05) is 5.43 Å². The van der Waals surface area contributed by atoms with Crippen LogP contribution in [0.2, 0.25) is 0 Å². The van der Waals surface area contributed by atoms with Gasteiger partial charge in [-0.15, -0.1) is 0 Å². The molecular weight excluding hydrogens is 234 g/mol. The summed E-state index contributed by atoms with van der Waals surface area (Å²) in [6.07, 6.45) is 3.68. The van der Waals surface area contributed by atoms with E-state index in [2.05, 4.69) is 26.0 Å². The van der Waals surface area contributed by atoms with Crippen molar-refractivity contribution < 1.29 is 0 Å². The number of thiazole rings is 1. The van der Waals surface area contributed by atoms with Crippen molar-refractivity contribution in [1.29, 1.82) is 0 Å². The lowest BCUT2D eigenvalue weighted by atomic mass is 10.3. The number of anilines is 1. The second-order valence-electron chi connectivity index (χ2n) is 3.64. The zero-order valence-corrected chi connectivity index (χ0v) is 9.81. The summed E-state index contributed by atoms with van der Waals surface area (Å²) < 4.78 is 2.10. The van der Waals surface area contributed by atoms with Crippen LogP contribution < -0.4 is 11.3 Å². The van der Waals surface area contributed by atoms with Crippen LogP contribution in [-0.2, 0) is 6.54 Å². The molecule has 0 atom stereocenters. The van der Waals surface area contributed by atoms with Gasteiger partial charge in [-0.05, 0) is 12.1 Å². The maximum atomic E-state index is 5.31. The van der Waals surface area contributed by atoms with E-state index in [1.807, 2.05) is 30.7 Å². The highest BCUT2D eigenvalue weighted by molar-refractivity contribution is 7.15. The van der Waals surface area contributed by atoms with E-state index in [0.29, 0.717) is 0 Å². The number of nitrogens with zero attached hydrogens (tertiary/aromatic N) is 3. The highest BCUT2D eigenvalue weighted by atomic mass is 32.1. The summed E-state index contributed by atoms with van der Waals surface area (Å²) in [4.78, 5) is 9.63. The van der Waals surface area contributed by atoms with E-state index < -0.39 is 0 Å². The fraction of sp³-hybridized carbons (Fsp3) is 0.0909. The Morgan fingerprint density at radius 1 is 1.29 bits per heavy atom. The number of para-hydroxylation sites is 2. The van der Waals surface area contributed by atoms with Crippen molar-refractivity contribution in [2.24, 2.45) is 5.84 Å². The number of aromatic nitrogens is 3. The Balaban J connectivity index is 1.94.